The van der Waals surface area contributed by atoms with Crippen molar-refractivity contribution in [2.45, 2.75) is 44.7 Å². The third-order valence-corrected chi connectivity index (χ3v) is 6.07. The summed E-state index contributed by atoms with van der Waals surface area (Å²) in [6.45, 7) is 4.03. The number of allylic oxidation sites excluding steroid dienone is 2. The van der Waals surface area contributed by atoms with E-state index in [1.807, 2.05) is 32.0 Å². The second-order valence-corrected chi connectivity index (χ2v) is 7.88. The number of carbonyl (C=O) groups is 1. The maximum atomic E-state index is 12.9. The molecule has 4 rings (SSSR count). The van der Waals surface area contributed by atoms with Gasteiger partial charge in [0.2, 0.25) is 0 Å². The van der Waals surface area contributed by atoms with Gasteiger partial charge in [-0.2, -0.15) is 0 Å². The lowest BCUT2D eigenvalue weighted by Gasteiger charge is -2.38. The minimum absolute atomic E-state index is 0.0837. The van der Waals surface area contributed by atoms with E-state index in [4.69, 9.17) is 0 Å². The molecule has 0 spiro atoms. The average molecular weight is 391 g/mol. The van der Waals surface area contributed by atoms with Gasteiger partial charge in [0.15, 0.2) is 0 Å². The molecule has 150 valence electrons. The Labute approximate surface area is 170 Å². The van der Waals surface area contributed by atoms with E-state index in [9.17, 15) is 14.9 Å². The van der Waals surface area contributed by atoms with Crippen LogP contribution in [0, 0.1) is 16.0 Å². The number of nitrogens with one attached hydrogen (secondary N) is 2. The Hall–Kier alpha value is -3.15. The second-order valence-electron chi connectivity index (χ2n) is 7.88. The van der Waals surface area contributed by atoms with Crippen molar-refractivity contribution in [1.82, 2.24) is 5.32 Å². The number of para-hydroxylation sites is 1. The van der Waals surface area contributed by atoms with Gasteiger partial charge in [-0.3, -0.25) is 14.9 Å². The SMILES string of the molecule is CCC(C)NC(=O)c1cccc2c1NC(c1cccc([N+](=O)[O-])c1)C1CC=CC21. The van der Waals surface area contributed by atoms with Crippen LogP contribution in [0.1, 0.15) is 60.1 Å². The quantitative estimate of drug-likeness (QED) is 0.429. The Kier molecular flexibility index (Phi) is 5.09. The molecule has 2 aromatic rings. The van der Waals surface area contributed by atoms with Crippen LogP contribution in [0.15, 0.2) is 54.6 Å². The second kappa shape index (κ2) is 7.70. The van der Waals surface area contributed by atoms with Crippen LogP contribution in [0.5, 0.6) is 0 Å². The molecule has 4 atom stereocenters. The molecule has 2 aliphatic rings. The summed E-state index contributed by atoms with van der Waals surface area (Å²) in [5.74, 6) is 0.353. The number of rotatable bonds is 5. The summed E-state index contributed by atoms with van der Waals surface area (Å²) >= 11 is 0. The minimum atomic E-state index is -0.365. The zero-order chi connectivity index (χ0) is 20.5. The van der Waals surface area contributed by atoms with E-state index < -0.39 is 0 Å². The molecule has 6 nitrogen and oxygen atoms in total. The van der Waals surface area contributed by atoms with Crippen LogP contribution in [-0.4, -0.2) is 16.9 Å². The molecule has 4 unspecified atom stereocenters. The number of carbonyl (C=O) groups excluding carboxylic acids is 1. The van der Waals surface area contributed by atoms with Crippen LogP contribution in [0.3, 0.4) is 0 Å². The number of hydrogen-bond acceptors (Lipinski definition) is 4. The van der Waals surface area contributed by atoms with Gasteiger partial charge in [0.25, 0.3) is 11.6 Å². The molecular weight excluding hydrogens is 366 g/mol. The summed E-state index contributed by atoms with van der Waals surface area (Å²) in [6.07, 6.45) is 6.12. The van der Waals surface area contributed by atoms with Crippen LogP contribution in [0.25, 0.3) is 0 Å². The summed E-state index contributed by atoms with van der Waals surface area (Å²) in [6, 6.07) is 12.6. The molecule has 2 N–H and O–H groups in total. The number of nitrogens with zero attached hydrogens (tertiary/aromatic N) is 1. The summed E-state index contributed by atoms with van der Waals surface area (Å²) in [5.41, 5.74) is 3.53. The summed E-state index contributed by atoms with van der Waals surface area (Å²) in [7, 11) is 0. The molecule has 2 aromatic carbocycles. The Morgan fingerprint density at radius 1 is 1.31 bits per heavy atom. The molecule has 1 aliphatic carbocycles. The number of fused-ring (bicyclic) bond motifs is 3. The minimum Gasteiger partial charge on any atom is -0.377 e. The van der Waals surface area contributed by atoms with Gasteiger partial charge in [0, 0.05) is 24.1 Å². The van der Waals surface area contributed by atoms with Gasteiger partial charge in [-0.1, -0.05) is 43.3 Å². The highest BCUT2D eigenvalue weighted by molar-refractivity contribution is 6.01. The lowest BCUT2D eigenvalue weighted by molar-refractivity contribution is -0.384. The van der Waals surface area contributed by atoms with Gasteiger partial charge in [-0.15, -0.1) is 0 Å². The Bertz CT molecular complexity index is 985. The molecule has 0 radical (unpaired) electrons. The number of amides is 1. The van der Waals surface area contributed by atoms with E-state index in [1.54, 1.807) is 12.1 Å². The molecule has 0 fully saturated rings. The van der Waals surface area contributed by atoms with Gasteiger partial charge >= 0.3 is 0 Å². The number of nitro groups is 1. The molecule has 6 heteroatoms. The lowest BCUT2D eigenvalue weighted by Crippen LogP contribution is -2.35. The van der Waals surface area contributed by atoms with Gasteiger partial charge in [-0.05, 0) is 42.9 Å². The summed E-state index contributed by atoms with van der Waals surface area (Å²) in [4.78, 5) is 23.8. The van der Waals surface area contributed by atoms with E-state index in [2.05, 4.69) is 28.9 Å². The maximum absolute atomic E-state index is 12.9. The van der Waals surface area contributed by atoms with E-state index >= 15 is 0 Å². The zero-order valence-electron chi connectivity index (χ0n) is 16.6. The van der Waals surface area contributed by atoms with Crippen molar-refractivity contribution >= 4 is 17.3 Å². The number of nitro benzene ring substituents is 1. The number of benzene rings is 2. The normalized spacial score (nSPS) is 22.9. The van der Waals surface area contributed by atoms with Gasteiger partial charge < -0.3 is 10.6 Å². The lowest BCUT2D eigenvalue weighted by atomic mass is 9.76. The standard InChI is InChI=1S/C23H25N3O3/c1-3-14(2)24-23(27)20-12-6-11-19-17-9-5-10-18(17)21(25-22(19)20)15-7-4-8-16(13-15)26(28)29/h4-9,11-14,17-18,21,25H,3,10H2,1-2H3,(H,24,27). The number of anilines is 1. The van der Waals surface area contributed by atoms with E-state index in [-0.39, 0.29) is 40.4 Å². The van der Waals surface area contributed by atoms with Crippen molar-refractivity contribution in [2.75, 3.05) is 5.32 Å². The van der Waals surface area contributed by atoms with E-state index in [0.29, 0.717) is 5.56 Å². The Balaban J connectivity index is 1.75. The predicted molar refractivity (Wildman–Crippen MR) is 113 cm³/mol. The van der Waals surface area contributed by atoms with Crippen molar-refractivity contribution in [3.63, 3.8) is 0 Å². The fraction of sp³-hybridized carbons (Fsp3) is 0.348. The van der Waals surface area contributed by atoms with Gasteiger partial charge in [0.05, 0.1) is 22.2 Å². The predicted octanol–water partition coefficient (Wildman–Crippen LogP) is 4.95. The Morgan fingerprint density at radius 3 is 2.86 bits per heavy atom. The first kappa shape index (κ1) is 19.2. The molecule has 1 amide bonds. The van der Waals surface area contributed by atoms with Crippen molar-refractivity contribution in [2.24, 2.45) is 5.92 Å². The molecule has 0 bridgehead atoms. The van der Waals surface area contributed by atoms with Crippen LogP contribution in [-0.2, 0) is 0 Å². The topological polar surface area (TPSA) is 84.3 Å². The molecule has 1 heterocycles. The van der Waals surface area contributed by atoms with Crippen LogP contribution in [0.4, 0.5) is 11.4 Å². The number of hydrogen-bond donors (Lipinski definition) is 2. The zero-order valence-corrected chi connectivity index (χ0v) is 16.6. The van der Waals surface area contributed by atoms with Crippen LogP contribution >= 0.6 is 0 Å². The summed E-state index contributed by atoms with van der Waals surface area (Å²) in [5, 5.41) is 17.9. The van der Waals surface area contributed by atoms with Crippen molar-refractivity contribution < 1.29 is 9.72 Å². The van der Waals surface area contributed by atoms with Gasteiger partial charge in [-0.25, -0.2) is 0 Å². The van der Waals surface area contributed by atoms with Crippen molar-refractivity contribution in [3.05, 3.63) is 81.4 Å². The Morgan fingerprint density at radius 2 is 2.10 bits per heavy atom. The van der Waals surface area contributed by atoms with Crippen LogP contribution < -0.4 is 10.6 Å². The first-order chi connectivity index (χ1) is 14.0. The smallest absolute Gasteiger partial charge is 0.269 e. The molecule has 0 saturated carbocycles. The van der Waals surface area contributed by atoms with Gasteiger partial charge in [0.1, 0.15) is 0 Å². The highest BCUT2D eigenvalue weighted by Crippen LogP contribution is 2.50. The van der Waals surface area contributed by atoms with E-state index in [1.165, 1.54) is 6.07 Å². The third-order valence-electron chi connectivity index (χ3n) is 6.07. The fourth-order valence-corrected chi connectivity index (χ4v) is 4.38. The summed E-state index contributed by atoms with van der Waals surface area (Å²) < 4.78 is 0. The molecule has 1 aliphatic heterocycles. The average Bonchev–Trinajstić information content (AvgIpc) is 3.22. The monoisotopic (exact) mass is 391 g/mol. The molecular formula is C23H25N3O3. The highest BCUT2D eigenvalue weighted by Gasteiger charge is 2.39. The van der Waals surface area contributed by atoms with Crippen LogP contribution in [0.2, 0.25) is 0 Å². The molecule has 29 heavy (non-hydrogen) atoms. The highest BCUT2D eigenvalue weighted by atomic mass is 16.6. The fourth-order valence-electron chi connectivity index (χ4n) is 4.38. The maximum Gasteiger partial charge on any atom is 0.269 e. The van der Waals surface area contributed by atoms with Crippen molar-refractivity contribution in [3.8, 4) is 0 Å². The largest absolute Gasteiger partial charge is 0.377 e. The first-order valence-corrected chi connectivity index (χ1v) is 10.1. The number of non-ortho nitro benzene ring substituents is 1. The molecule has 0 aromatic heterocycles. The van der Waals surface area contributed by atoms with E-state index in [0.717, 1.165) is 29.7 Å². The van der Waals surface area contributed by atoms with Crippen molar-refractivity contribution in [1.29, 1.82) is 0 Å². The first-order valence-electron chi connectivity index (χ1n) is 10.1. The third kappa shape index (κ3) is 3.50. The molecule has 0 saturated heterocycles.